The summed E-state index contributed by atoms with van der Waals surface area (Å²) in [5.74, 6) is -2.66. The molecule has 1 aliphatic heterocycles. The number of nitrogens with zero attached hydrogens (tertiary/aromatic N) is 5. The van der Waals surface area contributed by atoms with Gasteiger partial charge in [-0.3, -0.25) is 14.7 Å². The summed E-state index contributed by atoms with van der Waals surface area (Å²) in [5, 5.41) is 0.171. The third kappa shape index (κ3) is 4.73. The lowest BCUT2D eigenvalue weighted by molar-refractivity contribution is -0.133. The third-order valence-electron chi connectivity index (χ3n) is 4.96. The number of imidazole rings is 1. The normalized spacial score (nSPS) is 15.3. The Morgan fingerprint density at radius 1 is 1.10 bits per heavy atom. The van der Waals surface area contributed by atoms with Gasteiger partial charge in [-0.1, -0.05) is 18.2 Å². The first-order chi connectivity index (χ1) is 14.1. The van der Waals surface area contributed by atoms with Crippen molar-refractivity contribution in [2.45, 2.75) is 24.0 Å². The number of carbonyl (C=O) groups excluding carboxylic acids is 1. The van der Waals surface area contributed by atoms with Crippen LogP contribution < -0.4 is 0 Å². The molecule has 1 saturated heterocycles. The number of hydrogen-bond acceptors (Lipinski definition) is 5. The Kier molecular flexibility index (Phi) is 6.05. The van der Waals surface area contributed by atoms with Gasteiger partial charge in [0.25, 0.3) is 5.76 Å². The first-order valence-electron chi connectivity index (χ1n) is 9.39. The molecule has 152 valence electrons. The number of pyridine rings is 1. The number of aromatic nitrogens is 3. The summed E-state index contributed by atoms with van der Waals surface area (Å²) in [5.41, 5.74) is 2.45. The van der Waals surface area contributed by atoms with Crippen LogP contribution in [0.25, 0.3) is 11.0 Å². The van der Waals surface area contributed by atoms with Crippen molar-refractivity contribution in [3.8, 4) is 0 Å². The van der Waals surface area contributed by atoms with Gasteiger partial charge in [0.1, 0.15) is 6.54 Å². The number of hydrogen-bond donors (Lipinski definition) is 0. The van der Waals surface area contributed by atoms with Gasteiger partial charge in [0.05, 0.1) is 11.0 Å². The zero-order chi connectivity index (χ0) is 20.2. The smallest absolute Gasteiger partial charge is 0.291 e. The van der Waals surface area contributed by atoms with E-state index in [1.807, 2.05) is 24.4 Å². The van der Waals surface area contributed by atoms with Crippen LogP contribution >= 0.6 is 11.8 Å². The molecule has 29 heavy (non-hydrogen) atoms. The lowest BCUT2D eigenvalue weighted by Gasteiger charge is -2.34. The summed E-state index contributed by atoms with van der Waals surface area (Å²) < 4.78 is 27.5. The van der Waals surface area contributed by atoms with E-state index >= 15 is 0 Å². The van der Waals surface area contributed by atoms with Gasteiger partial charge in [0, 0.05) is 45.1 Å². The number of amides is 1. The second-order valence-corrected chi connectivity index (χ2v) is 7.82. The Bertz CT molecular complexity index is 973. The van der Waals surface area contributed by atoms with Crippen LogP contribution in [0.15, 0.2) is 53.9 Å². The molecule has 0 aliphatic carbocycles. The molecule has 1 amide bonds. The lowest BCUT2D eigenvalue weighted by Crippen LogP contribution is -2.49. The summed E-state index contributed by atoms with van der Waals surface area (Å²) in [7, 11) is 0. The summed E-state index contributed by atoms with van der Waals surface area (Å²) in [6, 6.07) is 11.1. The van der Waals surface area contributed by atoms with Crippen molar-refractivity contribution < 1.29 is 13.6 Å². The largest absolute Gasteiger partial charge is 0.339 e. The maximum absolute atomic E-state index is 12.9. The van der Waals surface area contributed by atoms with E-state index in [4.69, 9.17) is 0 Å². The van der Waals surface area contributed by atoms with Gasteiger partial charge in [0.15, 0.2) is 5.16 Å². The molecule has 1 fully saturated rings. The maximum Gasteiger partial charge on any atom is 0.291 e. The van der Waals surface area contributed by atoms with Crippen molar-refractivity contribution in [3.63, 3.8) is 0 Å². The molecule has 0 atom stereocenters. The number of alkyl halides is 2. The Hall–Kier alpha value is -2.52. The second kappa shape index (κ2) is 8.87. The molecule has 0 bridgehead atoms. The van der Waals surface area contributed by atoms with Crippen LogP contribution in [-0.2, 0) is 17.9 Å². The maximum atomic E-state index is 12.9. The average Bonchev–Trinajstić information content (AvgIpc) is 3.06. The predicted octanol–water partition coefficient (Wildman–Crippen LogP) is 3.09. The number of piperazine rings is 1. The number of rotatable bonds is 6. The van der Waals surface area contributed by atoms with Crippen molar-refractivity contribution in [3.05, 3.63) is 54.4 Å². The molecule has 0 N–H and O–H groups in total. The van der Waals surface area contributed by atoms with E-state index in [0.29, 0.717) is 35.9 Å². The minimum atomic E-state index is -2.59. The number of halogens is 2. The van der Waals surface area contributed by atoms with Crippen LogP contribution in [0.3, 0.4) is 0 Å². The van der Waals surface area contributed by atoms with Crippen molar-refractivity contribution >= 4 is 28.7 Å². The molecule has 3 aromatic rings. The van der Waals surface area contributed by atoms with Crippen LogP contribution in [-0.4, -0.2) is 62.2 Å². The lowest BCUT2D eigenvalue weighted by atomic mass is 10.2. The molecular formula is C20H21F2N5OS. The highest BCUT2D eigenvalue weighted by Crippen LogP contribution is 2.28. The minimum absolute atomic E-state index is 0.0121. The highest BCUT2D eigenvalue weighted by atomic mass is 32.2. The van der Waals surface area contributed by atoms with E-state index in [2.05, 4.69) is 14.9 Å². The van der Waals surface area contributed by atoms with Crippen molar-refractivity contribution in [2.75, 3.05) is 26.2 Å². The SMILES string of the molecule is O=C(Cn1c(SC(F)F)nc2ccccc21)N1CCN(Cc2cccnc2)CC1. The van der Waals surface area contributed by atoms with Crippen LogP contribution in [0.5, 0.6) is 0 Å². The zero-order valence-electron chi connectivity index (χ0n) is 15.7. The molecule has 9 heteroatoms. The van der Waals surface area contributed by atoms with E-state index in [0.717, 1.165) is 25.2 Å². The van der Waals surface area contributed by atoms with E-state index in [1.165, 1.54) is 0 Å². The minimum Gasteiger partial charge on any atom is -0.339 e. The first kappa shape index (κ1) is 19.8. The van der Waals surface area contributed by atoms with Crippen LogP contribution in [0, 0.1) is 0 Å². The Balaban J connectivity index is 1.41. The molecule has 3 heterocycles. The molecule has 4 rings (SSSR count). The topological polar surface area (TPSA) is 54.3 Å². The van der Waals surface area contributed by atoms with E-state index < -0.39 is 5.76 Å². The molecule has 0 spiro atoms. The Morgan fingerprint density at radius 3 is 2.62 bits per heavy atom. The fourth-order valence-electron chi connectivity index (χ4n) is 3.52. The Morgan fingerprint density at radius 2 is 1.90 bits per heavy atom. The Labute approximate surface area is 171 Å². The first-order valence-corrected chi connectivity index (χ1v) is 10.3. The van der Waals surface area contributed by atoms with Crippen molar-refractivity contribution in [1.29, 1.82) is 0 Å². The van der Waals surface area contributed by atoms with Gasteiger partial charge >= 0.3 is 0 Å². The van der Waals surface area contributed by atoms with Gasteiger partial charge in [0.2, 0.25) is 5.91 Å². The van der Waals surface area contributed by atoms with Crippen LogP contribution in [0.2, 0.25) is 0 Å². The second-order valence-electron chi connectivity index (χ2n) is 6.87. The molecule has 0 saturated carbocycles. The molecule has 1 aliphatic rings. The highest BCUT2D eigenvalue weighted by Gasteiger charge is 2.24. The van der Waals surface area contributed by atoms with E-state index in [-0.39, 0.29) is 17.6 Å². The number of carbonyl (C=O) groups is 1. The van der Waals surface area contributed by atoms with Gasteiger partial charge in [-0.05, 0) is 35.5 Å². The van der Waals surface area contributed by atoms with E-state index in [9.17, 15) is 13.6 Å². The van der Waals surface area contributed by atoms with E-state index in [1.54, 1.807) is 33.9 Å². The summed E-state index contributed by atoms with van der Waals surface area (Å²) >= 11 is 0.375. The van der Waals surface area contributed by atoms with Gasteiger partial charge in [-0.2, -0.15) is 8.78 Å². The van der Waals surface area contributed by atoms with Gasteiger partial charge in [-0.25, -0.2) is 4.98 Å². The molecular weight excluding hydrogens is 396 g/mol. The van der Waals surface area contributed by atoms with Crippen molar-refractivity contribution in [2.24, 2.45) is 0 Å². The molecule has 0 unspecified atom stereocenters. The highest BCUT2D eigenvalue weighted by molar-refractivity contribution is 7.99. The average molecular weight is 417 g/mol. The van der Waals surface area contributed by atoms with Crippen LogP contribution in [0.4, 0.5) is 8.78 Å². The summed E-state index contributed by atoms with van der Waals surface area (Å²) in [6.07, 6.45) is 3.60. The standard InChI is InChI=1S/C20H21F2N5OS/c21-19(22)29-20-24-16-5-1-2-6-17(16)27(20)14-18(28)26-10-8-25(9-11-26)13-15-4-3-7-23-12-15/h1-7,12,19H,8-11,13-14H2. The fraction of sp³-hybridized carbons (Fsp3) is 0.350. The summed E-state index contributed by atoms with van der Waals surface area (Å²) in [6.45, 7) is 3.58. The molecule has 6 nitrogen and oxygen atoms in total. The number of benzene rings is 1. The molecule has 0 radical (unpaired) electrons. The third-order valence-corrected chi connectivity index (χ3v) is 5.66. The van der Waals surface area contributed by atoms with Gasteiger partial charge in [-0.15, -0.1) is 0 Å². The predicted molar refractivity (Wildman–Crippen MR) is 108 cm³/mol. The fourth-order valence-corrected chi connectivity index (χ4v) is 4.12. The quantitative estimate of drug-likeness (QED) is 0.577. The monoisotopic (exact) mass is 417 g/mol. The van der Waals surface area contributed by atoms with Gasteiger partial charge < -0.3 is 9.47 Å². The molecule has 1 aromatic carbocycles. The van der Waals surface area contributed by atoms with Crippen LogP contribution in [0.1, 0.15) is 5.56 Å². The summed E-state index contributed by atoms with van der Waals surface area (Å²) in [4.78, 5) is 25.3. The molecule has 2 aromatic heterocycles. The zero-order valence-corrected chi connectivity index (χ0v) is 16.6. The number of para-hydroxylation sites is 2. The van der Waals surface area contributed by atoms with Crippen molar-refractivity contribution in [1.82, 2.24) is 24.3 Å². The number of thioether (sulfide) groups is 1. The number of fused-ring (bicyclic) bond motifs is 1.